The number of anilines is 1. The standard InChI is InChI=1S/C17H18BrN3O5/c1-24-9-11-4-12(6-19-17(11)18)20-7-10-5-14-21(13(10)8-20)26-16(23)3-2-15(22)25-14/h2-4,6,10,13-14H,5,7-9H2,1H3/b3-2+. The van der Waals surface area contributed by atoms with E-state index in [0.717, 1.165) is 34.6 Å². The zero-order valence-corrected chi connectivity index (χ0v) is 15.7. The Morgan fingerprint density at radius 3 is 2.92 bits per heavy atom. The Balaban J connectivity index is 1.53. The van der Waals surface area contributed by atoms with E-state index in [4.69, 9.17) is 14.3 Å². The van der Waals surface area contributed by atoms with Crippen molar-refractivity contribution in [2.45, 2.75) is 25.3 Å². The van der Waals surface area contributed by atoms with E-state index in [1.807, 2.05) is 12.3 Å². The largest absolute Gasteiger partial charge is 0.440 e. The highest BCUT2D eigenvalue weighted by molar-refractivity contribution is 9.10. The van der Waals surface area contributed by atoms with Gasteiger partial charge in [-0.2, -0.15) is 0 Å². The lowest BCUT2D eigenvalue weighted by atomic mass is 10.1. The van der Waals surface area contributed by atoms with Crippen molar-refractivity contribution in [3.05, 3.63) is 34.6 Å². The van der Waals surface area contributed by atoms with E-state index in [1.165, 1.54) is 5.06 Å². The molecule has 138 valence electrons. The monoisotopic (exact) mass is 423 g/mol. The number of esters is 1. The van der Waals surface area contributed by atoms with Gasteiger partial charge in [0.1, 0.15) is 4.60 Å². The Bertz CT molecular complexity index is 771. The van der Waals surface area contributed by atoms with Crippen molar-refractivity contribution in [1.82, 2.24) is 10.0 Å². The molecule has 0 saturated carbocycles. The Morgan fingerprint density at radius 1 is 1.31 bits per heavy atom. The SMILES string of the molecule is COCc1cc(N2CC3CC4OC(=O)/C=C/C(=O)ON4C3C2)cnc1Br. The van der Waals surface area contributed by atoms with Crippen molar-refractivity contribution in [3.8, 4) is 0 Å². The molecular formula is C17H18BrN3O5. The molecule has 3 unspecified atom stereocenters. The Kier molecular flexibility index (Phi) is 4.68. The summed E-state index contributed by atoms with van der Waals surface area (Å²) in [4.78, 5) is 35.5. The molecule has 3 atom stereocenters. The maximum Gasteiger partial charge on any atom is 0.350 e. The Labute approximate surface area is 158 Å². The predicted octanol–water partition coefficient (Wildman–Crippen LogP) is 1.40. The summed E-state index contributed by atoms with van der Waals surface area (Å²) in [5.41, 5.74) is 1.96. The number of carbonyl (C=O) groups excluding carboxylic acids is 2. The minimum absolute atomic E-state index is 0.0298. The van der Waals surface area contributed by atoms with Gasteiger partial charge >= 0.3 is 11.9 Å². The molecule has 1 aromatic rings. The van der Waals surface area contributed by atoms with Crippen LogP contribution in [-0.2, 0) is 30.5 Å². The molecule has 3 aliphatic heterocycles. The molecule has 0 aliphatic carbocycles. The number of ether oxygens (including phenoxy) is 2. The first kappa shape index (κ1) is 17.4. The number of halogens is 1. The highest BCUT2D eigenvalue weighted by Gasteiger charge is 2.50. The van der Waals surface area contributed by atoms with Gasteiger partial charge in [-0.15, -0.1) is 0 Å². The number of methoxy groups -OCH3 is 1. The van der Waals surface area contributed by atoms with E-state index >= 15 is 0 Å². The molecule has 4 rings (SSSR count). The maximum absolute atomic E-state index is 11.8. The van der Waals surface area contributed by atoms with Crippen LogP contribution >= 0.6 is 15.9 Å². The van der Waals surface area contributed by atoms with Crippen LogP contribution in [0.2, 0.25) is 0 Å². The van der Waals surface area contributed by atoms with Crippen molar-refractivity contribution >= 4 is 33.6 Å². The summed E-state index contributed by atoms with van der Waals surface area (Å²) in [5.74, 6) is -0.846. The van der Waals surface area contributed by atoms with Gasteiger partial charge in [0.05, 0.1) is 24.5 Å². The van der Waals surface area contributed by atoms with Crippen LogP contribution in [0.3, 0.4) is 0 Å². The molecule has 3 aliphatic rings. The fraction of sp³-hybridized carbons (Fsp3) is 0.471. The zero-order chi connectivity index (χ0) is 18.3. The second kappa shape index (κ2) is 6.98. The number of pyridine rings is 1. The first-order valence-corrected chi connectivity index (χ1v) is 9.11. The van der Waals surface area contributed by atoms with E-state index in [2.05, 4.69) is 25.8 Å². The van der Waals surface area contributed by atoms with Crippen LogP contribution in [0.5, 0.6) is 0 Å². The summed E-state index contributed by atoms with van der Waals surface area (Å²) in [6, 6.07) is 2.01. The number of fused-ring (bicyclic) bond motifs is 3. The zero-order valence-electron chi connectivity index (χ0n) is 14.1. The summed E-state index contributed by atoms with van der Waals surface area (Å²) < 4.78 is 11.4. The number of hydroxylamine groups is 2. The highest BCUT2D eigenvalue weighted by Crippen LogP contribution is 2.39. The first-order chi connectivity index (χ1) is 12.5. The fourth-order valence-electron chi connectivity index (χ4n) is 3.74. The Morgan fingerprint density at radius 2 is 2.12 bits per heavy atom. The number of rotatable bonds is 3. The van der Waals surface area contributed by atoms with Crippen LogP contribution < -0.4 is 4.90 Å². The van der Waals surface area contributed by atoms with E-state index < -0.39 is 18.2 Å². The number of hydrogen-bond acceptors (Lipinski definition) is 8. The van der Waals surface area contributed by atoms with Crippen LogP contribution in [0.25, 0.3) is 0 Å². The second-order valence-electron chi connectivity index (χ2n) is 6.54. The topological polar surface area (TPSA) is 81.2 Å². The van der Waals surface area contributed by atoms with Gasteiger partial charge in [0.25, 0.3) is 0 Å². The lowest BCUT2D eigenvalue weighted by molar-refractivity contribution is -0.236. The van der Waals surface area contributed by atoms with Gasteiger partial charge in [-0.05, 0) is 22.0 Å². The van der Waals surface area contributed by atoms with E-state index in [1.54, 1.807) is 7.11 Å². The molecule has 0 aromatic carbocycles. The van der Waals surface area contributed by atoms with Gasteiger partial charge in [0.15, 0.2) is 6.23 Å². The molecule has 0 radical (unpaired) electrons. The molecule has 0 N–H and O–H groups in total. The van der Waals surface area contributed by atoms with Gasteiger partial charge in [-0.3, -0.25) is 0 Å². The molecule has 2 saturated heterocycles. The van der Waals surface area contributed by atoms with Crippen molar-refractivity contribution in [2.24, 2.45) is 5.92 Å². The van der Waals surface area contributed by atoms with E-state index in [9.17, 15) is 9.59 Å². The predicted molar refractivity (Wildman–Crippen MR) is 93.7 cm³/mol. The molecule has 9 heteroatoms. The molecule has 1 aromatic heterocycles. The Hall–Kier alpha value is -1.97. The van der Waals surface area contributed by atoms with Crippen molar-refractivity contribution in [1.29, 1.82) is 0 Å². The van der Waals surface area contributed by atoms with Crippen molar-refractivity contribution in [2.75, 3.05) is 25.1 Å². The normalized spacial score (nSPS) is 29.5. The van der Waals surface area contributed by atoms with Crippen LogP contribution in [0.1, 0.15) is 12.0 Å². The molecule has 0 spiro atoms. The summed E-state index contributed by atoms with van der Waals surface area (Å²) in [6.45, 7) is 1.90. The minimum Gasteiger partial charge on any atom is -0.440 e. The minimum atomic E-state index is -0.557. The first-order valence-electron chi connectivity index (χ1n) is 8.32. The van der Waals surface area contributed by atoms with E-state index in [-0.39, 0.29) is 12.0 Å². The summed E-state index contributed by atoms with van der Waals surface area (Å²) in [5, 5.41) is 1.54. The van der Waals surface area contributed by atoms with Crippen LogP contribution in [0, 0.1) is 5.92 Å². The number of nitrogens with zero attached hydrogens (tertiary/aromatic N) is 3. The van der Waals surface area contributed by atoms with Crippen molar-refractivity contribution < 1.29 is 23.9 Å². The summed E-state index contributed by atoms with van der Waals surface area (Å²) >= 11 is 3.43. The van der Waals surface area contributed by atoms with Gasteiger partial charge in [0.2, 0.25) is 0 Å². The molecule has 2 fully saturated rings. The number of hydrogen-bond donors (Lipinski definition) is 0. The molecule has 0 amide bonds. The van der Waals surface area contributed by atoms with Gasteiger partial charge in [-0.25, -0.2) is 14.6 Å². The average molecular weight is 424 g/mol. The van der Waals surface area contributed by atoms with Crippen LogP contribution in [-0.4, -0.2) is 54.5 Å². The van der Waals surface area contributed by atoms with Gasteiger partial charge in [-0.1, -0.05) is 5.06 Å². The highest BCUT2D eigenvalue weighted by atomic mass is 79.9. The number of aromatic nitrogens is 1. The molecule has 0 bridgehead atoms. The summed E-state index contributed by atoms with van der Waals surface area (Å²) in [7, 11) is 1.64. The quantitative estimate of drug-likeness (QED) is 0.532. The van der Waals surface area contributed by atoms with Gasteiger partial charge < -0.3 is 19.2 Å². The molecule has 26 heavy (non-hydrogen) atoms. The lowest BCUT2D eigenvalue weighted by Crippen LogP contribution is -2.43. The maximum atomic E-state index is 11.8. The fourth-order valence-corrected chi connectivity index (χ4v) is 4.07. The van der Waals surface area contributed by atoms with Crippen molar-refractivity contribution in [3.63, 3.8) is 0 Å². The third-order valence-corrected chi connectivity index (χ3v) is 5.60. The second-order valence-corrected chi connectivity index (χ2v) is 7.29. The smallest absolute Gasteiger partial charge is 0.350 e. The average Bonchev–Trinajstić information content (AvgIpc) is 3.13. The molecule has 8 nitrogen and oxygen atoms in total. The molecule has 4 heterocycles. The van der Waals surface area contributed by atoms with Crippen LogP contribution in [0.4, 0.5) is 5.69 Å². The van der Waals surface area contributed by atoms with Gasteiger partial charge in [0, 0.05) is 50.3 Å². The lowest BCUT2D eigenvalue weighted by Gasteiger charge is -2.29. The molecular weight excluding hydrogens is 406 g/mol. The van der Waals surface area contributed by atoms with Crippen LogP contribution in [0.15, 0.2) is 29.0 Å². The van der Waals surface area contributed by atoms with E-state index in [0.29, 0.717) is 19.6 Å². The number of carbonyl (C=O) groups is 2. The third-order valence-electron chi connectivity index (χ3n) is 4.89. The third kappa shape index (κ3) is 3.22. The summed E-state index contributed by atoms with van der Waals surface area (Å²) in [6.07, 6.45) is 4.10.